The third-order valence-electron chi connectivity index (χ3n) is 2.23. The summed E-state index contributed by atoms with van der Waals surface area (Å²) in [5, 5.41) is 0.876. The lowest BCUT2D eigenvalue weighted by Crippen LogP contribution is -2.05. The minimum Gasteiger partial charge on any atom is -0.421 e. The molecule has 72 valence electrons. The van der Waals surface area contributed by atoms with Crippen molar-refractivity contribution >= 4 is 16.7 Å². The summed E-state index contributed by atoms with van der Waals surface area (Å²) in [5.41, 5.74) is 6.94. The van der Waals surface area contributed by atoms with Gasteiger partial charge in [0.2, 0.25) is 0 Å². The zero-order valence-electron chi connectivity index (χ0n) is 7.91. The van der Waals surface area contributed by atoms with Gasteiger partial charge in [-0.25, -0.2) is 4.79 Å². The molecule has 1 aromatic heterocycles. The van der Waals surface area contributed by atoms with Crippen LogP contribution in [0.4, 0.5) is 5.69 Å². The summed E-state index contributed by atoms with van der Waals surface area (Å²) in [7, 11) is 0. The highest BCUT2D eigenvalue weighted by molar-refractivity contribution is 5.79. The number of benzene rings is 1. The predicted molar refractivity (Wildman–Crippen MR) is 56.3 cm³/mol. The molecule has 0 atom stereocenters. The van der Waals surface area contributed by atoms with Crippen LogP contribution in [0.2, 0.25) is 0 Å². The first kappa shape index (κ1) is 8.81. The summed E-state index contributed by atoms with van der Waals surface area (Å²) >= 11 is 0. The van der Waals surface area contributed by atoms with Crippen LogP contribution in [0.1, 0.15) is 12.5 Å². The molecule has 2 rings (SSSR count). The van der Waals surface area contributed by atoms with Gasteiger partial charge in [-0.05, 0) is 30.2 Å². The molecule has 0 aliphatic rings. The number of hydrogen-bond donors (Lipinski definition) is 1. The molecule has 0 spiro atoms. The molecule has 0 saturated carbocycles. The zero-order valence-corrected chi connectivity index (χ0v) is 7.91. The molecule has 0 fully saturated rings. The Morgan fingerprint density at radius 3 is 2.86 bits per heavy atom. The van der Waals surface area contributed by atoms with E-state index < -0.39 is 5.63 Å². The fourth-order valence-corrected chi connectivity index (χ4v) is 1.41. The van der Waals surface area contributed by atoms with Gasteiger partial charge >= 0.3 is 5.63 Å². The van der Waals surface area contributed by atoms with Crippen LogP contribution in [0.25, 0.3) is 11.0 Å². The van der Waals surface area contributed by atoms with E-state index in [2.05, 4.69) is 6.92 Å². The molecular weight excluding hydrogens is 178 g/mol. The number of aryl methyl sites for hydroxylation is 1. The van der Waals surface area contributed by atoms with Gasteiger partial charge in [-0.1, -0.05) is 13.0 Å². The van der Waals surface area contributed by atoms with Crippen LogP contribution in [-0.2, 0) is 6.42 Å². The van der Waals surface area contributed by atoms with Crippen LogP contribution in [0.5, 0.6) is 0 Å². The van der Waals surface area contributed by atoms with Gasteiger partial charge in [-0.15, -0.1) is 0 Å². The van der Waals surface area contributed by atoms with Crippen molar-refractivity contribution in [2.75, 3.05) is 5.73 Å². The Labute approximate surface area is 81.1 Å². The molecule has 14 heavy (non-hydrogen) atoms. The molecule has 0 bridgehead atoms. The van der Waals surface area contributed by atoms with Crippen molar-refractivity contribution in [3.63, 3.8) is 0 Å². The first-order valence-corrected chi connectivity index (χ1v) is 4.53. The van der Waals surface area contributed by atoms with E-state index in [0.717, 1.165) is 11.8 Å². The van der Waals surface area contributed by atoms with Gasteiger partial charge < -0.3 is 10.2 Å². The largest absolute Gasteiger partial charge is 0.421 e. The Bertz CT molecular complexity index is 528. The van der Waals surface area contributed by atoms with E-state index in [9.17, 15) is 4.79 Å². The Hall–Kier alpha value is -1.77. The second kappa shape index (κ2) is 3.18. The number of nitrogen functional groups attached to an aromatic ring is 1. The Kier molecular flexibility index (Phi) is 2.00. The Morgan fingerprint density at radius 2 is 2.14 bits per heavy atom. The minimum atomic E-state index is -0.471. The summed E-state index contributed by atoms with van der Waals surface area (Å²) in [6.07, 6.45) is 0.953. The third-order valence-corrected chi connectivity index (χ3v) is 2.23. The SMILES string of the molecule is CCc1ccc2oc(=O)c(N)cc2c1. The fourth-order valence-electron chi connectivity index (χ4n) is 1.41. The molecule has 1 heterocycles. The van der Waals surface area contributed by atoms with E-state index in [1.807, 2.05) is 12.1 Å². The average Bonchev–Trinajstić information content (AvgIpc) is 2.19. The summed E-state index contributed by atoms with van der Waals surface area (Å²) in [4.78, 5) is 11.1. The van der Waals surface area contributed by atoms with Crippen molar-refractivity contribution in [3.8, 4) is 0 Å². The van der Waals surface area contributed by atoms with Gasteiger partial charge in [0.05, 0.1) is 0 Å². The topological polar surface area (TPSA) is 56.2 Å². The maximum absolute atomic E-state index is 11.1. The van der Waals surface area contributed by atoms with E-state index in [4.69, 9.17) is 10.2 Å². The summed E-state index contributed by atoms with van der Waals surface area (Å²) in [5.74, 6) is 0. The fraction of sp³-hybridized carbons (Fsp3) is 0.182. The van der Waals surface area contributed by atoms with Gasteiger partial charge in [0.15, 0.2) is 0 Å². The molecule has 2 N–H and O–H groups in total. The molecular formula is C11H11NO2. The highest BCUT2D eigenvalue weighted by Crippen LogP contribution is 2.16. The molecule has 2 aromatic rings. The molecule has 3 nitrogen and oxygen atoms in total. The molecule has 0 unspecified atom stereocenters. The standard InChI is InChI=1S/C11H11NO2/c1-2-7-3-4-10-8(5-7)6-9(12)11(13)14-10/h3-6H,2,12H2,1H3. The van der Waals surface area contributed by atoms with Crippen LogP contribution in [-0.4, -0.2) is 0 Å². The van der Waals surface area contributed by atoms with Gasteiger partial charge in [-0.2, -0.15) is 0 Å². The van der Waals surface area contributed by atoms with E-state index in [0.29, 0.717) is 5.58 Å². The predicted octanol–water partition coefficient (Wildman–Crippen LogP) is 1.94. The van der Waals surface area contributed by atoms with Crippen LogP contribution in [0.3, 0.4) is 0 Å². The Balaban J connectivity index is 2.77. The number of anilines is 1. The lowest BCUT2D eigenvalue weighted by molar-refractivity contribution is 0.564. The smallest absolute Gasteiger partial charge is 0.359 e. The molecule has 0 aliphatic heterocycles. The van der Waals surface area contributed by atoms with Crippen LogP contribution in [0, 0.1) is 0 Å². The zero-order chi connectivity index (χ0) is 10.1. The van der Waals surface area contributed by atoms with Crippen molar-refractivity contribution in [1.29, 1.82) is 0 Å². The van der Waals surface area contributed by atoms with Crippen LogP contribution >= 0.6 is 0 Å². The summed E-state index contributed by atoms with van der Waals surface area (Å²) in [6, 6.07) is 7.38. The highest BCUT2D eigenvalue weighted by Gasteiger charge is 2.01. The molecule has 0 saturated heterocycles. The van der Waals surface area contributed by atoms with Crippen LogP contribution in [0.15, 0.2) is 33.5 Å². The van der Waals surface area contributed by atoms with Gasteiger partial charge in [0, 0.05) is 5.39 Å². The number of rotatable bonds is 1. The van der Waals surface area contributed by atoms with E-state index in [1.54, 1.807) is 12.1 Å². The molecule has 0 aliphatic carbocycles. The van der Waals surface area contributed by atoms with E-state index in [-0.39, 0.29) is 5.69 Å². The van der Waals surface area contributed by atoms with Gasteiger partial charge in [0.25, 0.3) is 0 Å². The number of nitrogens with two attached hydrogens (primary N) is 1. The van der Waals surface area contributed by atoms with Crippen molar-refractivity contribution in [3.05, 3.63) is 40.2 Å². The lowest BCUT2D eigenvalue weighted by Gasteiger charge is -2.00. The quantitative estimate of drug-likeness (QED) is 0.697. The van der Waals surface area contributed by atoms with Crippen molar-refractivity contribution < 1.29 is 4.42 Å². The Morgan fingerprint density at radius 1 is 1.36 bits per heavy atom. The van der Waals surface area contributed by atoms with Crippen LogP contribution < -0.4 is 11.4 Å². The number of fused-ring (bicyclic) bond motifs is 1. The van der Waals surface area contributed by atoms with Gasteiger partial charge in [-0.3, -0.25) is 0 Å². The van der Waals surface area contributed by atoms with Crippen molar-refractivity contribution in [2.45, 2.75) is 13.3 Å². The molecule has 0 amide bonds. The second-order valence-corrected chi connectivity index (χ2v) is 3.21. The first-order chi connectivity index (χ1) is 6.70. The monoisotopic (exact) mass is 189 g/mol. The average molecular weight is 189 g/mol. The highest BCUT2D eigenvalue weighted by atomic mass is 16.4. The molecule has 3 heteroatoms. The van der Waals surface area contributed by atoms with Gasteiger partial charge in [0.1, 0.15) is 11.3 Å². The molecule has 1 aromatic carbocycles. The lowest BCUT2D eigenvalue weighted by atomic mass is 10.1. The maximum atomic E-state index is 11.1. The summed E-state index contributed by atoms with van der Waals surface area (Å²) < 4.78 is 5.01. The third kappa shape index (κ3) is 1.37. The van der Waals surface area contributed by atoms with Crippen molar-refractivity contribution in [2.24, 2.45) is 0 Å². The summed E-state index contributed by atoms with van der Waals surface area (Å²) in [6.45, 7) is 2.07. The van der Waals surface area contributed by atoms with E-state index >= 15 is 0 Å². The first-order valence-electron chi connectivity index (χ1n) is 4.53. The number of hydrogen-bond acceptors (Lipinski definition) is 3. The van der Waals surface area contributed by atoms with Crippen molar-refractivity contribution in [1.82, 2.24) is 0 Å². The maximum Gasteiger partial charge on any atom is 0.359 e. The van der Waals surface area contributed by atoms with E-state index in [1.165, 1.54) is 5.56 Å². The second-order valence-electron chi connectivity index (χ2n) is 3.21. The minimum absolute atomic E-state index is 0.158. The molecule has 0 radical (unpaired) electrons. The normalized spacial score (nSPS) is 10.6.